The molecular formula is C13H9F3N2O. The number of nitrogen functional groups attached to an aromatic ring is 1. The fourth-order valence-electron chi connectivity index (χ4n) is 1.66. The fourth-order valence-corrected chi connectivity index (χ4v) is 1.66. The number of benzene rings is 1. The lowest BCUT2D eigenvalue weighted by Gasteiger charge is -2.06. The highest BCUT2D eigenvalue weighted by Crippen LogP contribution is 2.19. The molecule has 0 bridgehead atoms. The van der Waals surface area contributed by atoms with E-state index in [1.807, 2.05) is 0 Å². The number of rotatable bonds is 3. The molecule has 0 saturated heterocycles. The topological polar surface area (TPSA) is 56.0 Å². The van der Waals surface area contributed by atoms with Crippen molar-refractivity contribution in [2.75, 3.05) is 5.73 Å². The Labute approximate surface area is 106 Å². The van der Waals surface area contributed by atoms with Crippen molar-refractivity contribution in [1.29, 1.82) is 0 Å². The van der Waals surface area contributed by atoms with Gasteiger partial charge in [0, 0.05) is 42.2 Å². The zero-order chi connectivity index (χ0) is 14.0. The molecule has 0 fully saturated rings. The van der Waals surface area contributed by atoms with Gasteiger partial charge in [0.05, 0.1) is 5.56 Å². The monoisotopic (exact) mass is 266 g/mol. The van der Waals surface area contributed by atoms with Gasteiger partial charge in [0.25, 0.3) is 0 Å². The van der Waals surface area contributed by atoms with Crippen LogP contribution in [0.25, 0.3) is 0 Å². The molecule has 2 N–H and O–H groups in total. The Hall–Kier alpha value is -2.37. The number of halogens is 3. The third-order valence-corrected chi connectivity index (χ3v) is 2.58. The molecule has 0 unspecified atom stereocenters. The smallest absolute Gasteiger partial charge is 0.173 e. The summed E-state index contributed by atoms with van der Waals surface area (Å²) in [5.74, 6) is -4.36. The van der Waals surface area contributed by atoms with E-state index in [1.54, 1.807) is 0 Å². The van der Waals surface area contributed by atoms with Crippen LogP contribution in [-0.4, -0.2) is 10.8 Å². The van der Waals surface area contributed by atoms with Crippen molar-refractivity contribution in [2.45, 2.75) is 6.42 Å². The summed E-state index contributed by atoms with van der Waals surface area (Å²) < 4.78 is 39.6. The van der Waals surface area contributed by atoms with Gasteiger partial charge in [0.2, 0.25) is 0 Å². The zero-order valence-electron chi connectivity index (χ0n) is 9.66. The van der Waals surface area contributed by atoms with Crippen molar-refractivity contribution in [3.8, 4) is 0 Å². The number of hydrogen-bond donors (Lipinski definition) is 1. The Morgan fingerprint density at radius 2 is 1.84 bits per heavy atom. The third kappa shape index (κ3) is 2.73. The first kappa shape index (κ1) is 13.1. The molecule has 0 aliphatic heterocycles. The van der Waals surface area contributed by atoms with Gasteiger partial charge in [-0.05, 0) is 6.07 Å². The normalized spacial score (nSPS) is 10.5. The maximum Gasteiger partial charge on any atom is 0.173 e. The van der Waals surface area contributed by atoms with E-state index < -0.39 is 28.8 Å². The van der Waals surface area contributed by atoms with Crippen molar-refractivity contribution < 1.29 is 18.0 Å². The van der Waals surface area contributed by atoms with Crippen molar-refractivity contribution in [3.05, 3.63) is 59.2 Å². The van der Waals surface area contributed by atoms with Gasteiger partial charge in [0.1, 0.15) is 17.5 Å². The summed E-state index contributed by atoms with van der Waals surface area (Å²) in [5, 5.41) is 0. The second kappa shape index (κ2) is 5.09. The van der Waals surface area contributed by atoms with Crippen molar-refractivity contribution in [3.63, 3.8) is 0 Å². The summed E-state index contributed by atoms with van der Waals surface area (Å²) in [6.45, 7) is 0. The molecule has 0 aliphatic carbocycles. The number of nitrogens with two attached hydrogens (primary N) is 1. The first-order valence-corrected chi connectivity index (χ1v) is 5.35. The van der Waals surface area contributed by atoms with Crippen LogP contribution in [0.4, 0.5) is 18.9 Å². The van der Waals surface area contributed by atoms with Crippen molar-refractivity contribution >= 4 is 11.5 Å². The van der Waals surface area contributed by atoms with Gasteiger partial charge in [-0.2, -0.15) is 0 Å². The Kier molecular flexibility index (Phi) is 3.50. The number of hydrogen-bond acceptors (Lipinski definition) is 3. The van der Waals surface area contributed by atoms with E-state index in [0.717, 1.165) is 0 Å². The van der Waals surface area contributed by atoms with E-state index in [9.17, 15) is 18.0 Å². The number of Topliss-reactive ketones (excluding diaryl/α,β-unsaturated/α-hetero) is 1. The van der Waals surface area contributed by atoms with Crippen molar-refractivity contribution in [2.24, 2.45) is 0 Å². The molecule has 2 rings (SSSR count). The number of anilines is 1. The van der Waals surface area contributed by atoms with Crippen LogP contribution < -0.4 is 5.73 Å². The lowest BCUT2D eigenvalue weighted by atomic mass is 10.0. The predicted octanol–water partition coefficient (Wildman–Crippen LogP) is 2.51. The van der Waals surface area contributed by atoms with Crippen molar-refractivity contribution in [1.82, 2.24) is 4.98 Å². The molecule has 2 aromatic rings. The average Bonchev–Trinajstić information content (AvgIpc) is 2.30. The third-order valence-electron chi connectivity index (χ3n) is 2.58. The second-order valence-corrected chi connectivity index (χ2v) is 3.92. The minimum absolute atomic E-state index is 0.297. The van der Waals surface area contributed by atoms with Gasteiger partial charge >= 0.3 is 0 Å². The van der Waals surface area contributed by atoms with E-state index >= 15 is 0 Å². The summed E-state index contributed by atoms with van der Waals surface area (Å²) >= 11 is 0. The van der Waals surface area contributed by atoms with E-state index in [2.05, 4.69) is 4.98 Å². The lowest BCUT2D eigenvalue weighted by Crippen LogP contribution is -2.11. The van der Waals surface area contributed by atoms with Crippen LogP contribution in [0.1, 0.15) is 15.9 Å². The zero-order valence-corrected chi connectivity index (χ0v) is 9.66. The van der Waals surface area contributed by atoms with Crippen LogP contribution in [0.3, 0.4) is 0 Å². The number of nitrogens with zero attached hydrogens (tertiary/aromatic N) is 1. The highest BCUT2D eigenvalue weighted by Gasteiger charge is 2.19. The summed E-state index contributed by atoms with van der Waals surface area (Å²) in [4.78, 5) is 15.6. The summed E-state index contributed by atoms with van der Waals surface area (Å²) in [7, 11) is 0. The van der Waals surface area contributed by atoms with Gasteiger partial charge in [-0.25, -0.2) is 13.2 Å². The SMILES string of the molecule is Nc1ccncc1CC(=O)c1c(F)cc(F)cc1F. The summed E-state index contributed by atoms with van der Waals surface area (Å²) in [6.07, 6.45) is 2.47. The van der Waals surface area contributed by atoms with Crippen LogP contribution in [0.15, 0.2) is 30.6 Å². The Balaban J connectivity index is 2.34. The Morgan fingerprint density at radius 1 is 1.21 bits per heavy atom. The molecule has 3 nitrogen and oxygen atoms in total. The minimum atomic E-state index is -1.23. The largest absolute Gasteiger partial charge is 0.398 e. The molecule has 0 radical (unpaired) electrons. The highest BCUT2D eigenvalue weighted by atomic mass is 19.1. The number of carbonyl (C=O) groups is 1. The number of aromatic nitrogens is 1. The quantitative estimate of drug-likeness (QED) is 0.868. The number of pyridine rings is 1. The summed E-state index contributed by atoms with van der Waals surface area (Å²) in [5.41, 5.74) is 5.49. The molecule has 0 spiro atoms. The molecule has 1 aromatic carbocycles. The molecule has 0 amide bonds. The second-order valence-electron chi connectivity index (χ2n) is 3.92. The van der Waals surface area contributed by atoms with E-state index in [4.69, 9.17) is 5.73 Å². The highest BCUT2D eigenvalue weighted by molar-refractivity contribution is 5.98. The molecule has 0 aliphatic rings. The van der Waals surface area contributed by atoms with Gasteiger partial charge in [-0.1, -0.05) is 0 Å². The van der Waals surface area contributed by atoms with Crippen LogP contribution >= 0.6 is 0 Å². The van der Waals surface area contributed by atoms with Crippen LogP contribution in [0, 0.1) is 17.5 Å². The van der Waals surface area contributed by atoms with E-state index in [1.165, 1.54) is 18.5 Å². The first-order valence-electron chi connectivity index (χ1n) is 5.35. The molecule has 0 saturated carbocycles. The van der Waals surface area contributed by atoms with E-state index in [-0.39, 0.29) is 6.42 Å². The molecular weight excluding hydrogens is 257 g/mol. The van der Waals surface area contributed by atoms with Crippen LogP contribution in [-0.2, 0) is 6.42 Å². The Bertz CT molecular complexity index is 621. The van der Waals surface area contributed by atoms with Gasteiger partial charge in [0.15, 0.2) is 5.78 Å². The van der Waals surface area contributed by atoms with Gasteiger partial charge in [-0.15, -0.1) is 0 Å². The standard InChI is InChI=1S/C13H9F3N2O/c14-8-4-9(15)13(10(16)5-8)12(19)3-7-6-18-2-1-11(7)17/h1-2,4-6H,3H2,(H2,17,18). The van der Waals surface area contributed by atoms with E-state index in [0.29, 0.717) is 23.4 Å². The molecule has 98 valence electrons. The lowest BCUT2D eigenvalue weighted by molar-refractivity contribution is 0.0985. The predicted molar refractivity (Wildman–Crippen MR) is 63.0 cm³/mol. The maximum atomic E-state index is 13.4. The van der Waals surface area contributed by atoms with Gasteiger partial charge < -0.3 is 5.73 Å². The molecule has 6 heteroatoms. The van der Waals surface area contributed by atoms with Crippen LogP contribution in [0.2, 0.25) is 0 Å². The summed E-state index contributed by atoms with van der Waals surface area (Å²) in [6, 6.07) is 2.39. The van der Waals surface area contributed by atoms with Crippen LogP contribution in [0.5, 0.6) is 0 Å². The van der Waals surface area contributed by atoms with Gasteiger partial charge in [-0.3, -0.25) is 9.78 Å². The fraction of sp³-hybridized carbons (Fsp3) is 0.0769. The molecule has 0 atom stereocenters. The first-order chi connectivity index (χ1) is 8.99. The molecule has 1 aromatic heterocycles. The minimum Gasteiger partial charge on any atom is -0.398 e. The number of ketones is 1. The maximum absolute atomic E-state index is 13.4. The molecule has 19 heavy (non-hydrogen) atoms. The molecule has 1 heterocycles. The number of carbonyl (C=O) groups excluding carboxylic acids is 1. The Morgan fingerprint density at radius 3 is 2.42 bits per heavy atom. The average molecular weight is 266 g/mol.